The Morgan fingerprint density at radius 2 is 2.17 bits per heavy atom. The van der Waals surface area contributed by atoms with Crippen LogP contribution in [0.15, 0.2) is 0 Å². The van der Waals surface area contributed by atoms with Gasteiger partial charge in [-0.05, 0) is 12.3 Å². The molecule has 0 aromatic carbocycles. The second kappa shape index (κ2) is 6.91. The molecule has 0 bridgehead atoms. The summed E-state index contributed by atoms with van der Waals surface area (Å²) in [4.78, 5) is 13.6. The zero-order chi connectivity index (χ0) is 9.40. The summed E-state index contributed by atoms with van der Waals surface area (Å²) in [6, 6.07) is 0. The van der Waals surface area contributed by atoms with E-state index in [0.717, 1.165) is 19.3 Å². The van der Waals surface area contributed by atoms with Crippen LogP contribution < -0.4 is 0 Å². The van der Waals surface area contributed by atoms with Gasteiger partial charge in [0.05, 0.1) is 6.61 Å². The quantitative estimate of drug-likeness (QED) is 0.397. The Hall–Kier alpha value is -0.770. The van der Waals surface area contributed by atoms with Crippen LogP contribution in [0, 0.1) is 5.92 Å². The van der Waals surface area contributed by atoms with Crippen LogP contribution in [0.25, 0.3) is 0 Å². The highest BCUT2D eigenvalue weighted by Crippen LogP contribution is 2.09. The maximum Gasteiger partial charge on any atom is 0.540 e. The van der Waals surface area contributed by atoms with Crippen molar-refractivity contribution in [3.63, 3.8) is 0 Å². The molecule has 0 amide bonds. The lowest BCUT2D eigenvalue weighted by atomic mass is 10.0. The van der Waals surface area contributed by atoms with Crippen molar-refractivity contribution in [1.29, 1.82) is 0 Å². The number of hydrogen-bond donors (Lipinski definition) is 1. The van der Waals surface area contributed by atoms with Crippen molar-refractivity contribution in [2.75, 3.05) is 6.61 Å². The number of carbonyl (C=O) groups is 1. The Kier molecular flexibility index (Phi) is 6.47. The SMILES string of the molecule is CCCC(C)CCOC(=O)OO. The van der Waals surface area contributed by atoms with Crippen molar-refractivity contribution in [3.8, 4) is 0 Å². The summed E-state index contributed by atoms with van der Waals surface area (Å²) in [5.41, 5.74) is 0. The van der Waals surface area contributed by atoms with E-state index < -0.39 is 6.16 Å². The van der Waals surface area contributed by atoms with Crippen LogP contribution in [0.3, 0.4) is 0 Å². The van der Waals surface area contributed by atoms with E-state index >= 15 is 0 Å². The first kappa shape index (κ1) is 11.2. The van der Waals surface area contributed by atoms with Gasteiger partial charge in [-0.25, -0.2) is 4.79 Å². The molecular weight excluding hydrogens is 160 g/mol. The molecule has 12 heavy (non-hydrogen) atoms. The normalized spacial score (nSPS) is 12.2. The lowest BCUT2D eigenvalue weighted by molar-refractivity contribution is -0.200. The van der Waals surface area contributed by atoms with Crippen LogP contribution in [0.4, 0.5) is 4.79 Å². The predicted octanol–water partition coefficient (Wildman–Crippen LogP) is 2.44. The van der Waals surface area contributed by atoms with Gasteiger partial charge >= 0.3 is 6.16 Å². The van der Waals surface area contributed by atoms with Crippen molar-refractivity contribution in [2.24, 2.45) is 5.92 Å². The molecule has 0 saturated heterocycles. The minimum atomic E-state index is -1.03. The van der Waals surface area contributed by atoms with Gasteiger partial charge in [0.15, 0.2) is 0 Å². The molecule has 1 unspecified atom stereocenters. The Morgan fingerprint density at radius 1 is 1.50 bits per heavy atom. The Morgan fingerprint density at radius 3 is 2.67 bits per heavy atom. The largest absolute Gasteiger partial charge is 0.540 e. The fourth-order valence-corrected chi connectivity index (χ4v) is 1.01. The molecule has 0 aliphatic rings. The first-order valence-electron chi connectivity index (χ1n) is 4.18. The first-order valence-corrected chi connectivity index (χ1v) is 4.18. The third-order valence-electron chi connectivity index (χ3n) is 1.69. The topological polar surface area (TPSA) is 55.8 Å². The second-order valence-electron chi connectivity index (χ2n) is 2.87. The van der Waals surface area contributed by atoms with Gasteiger partial charge < -0.3 is 4.74 Å². The molecule has 0 aromatic heterocycles. The first-order chi connectivity index (χ1) is 5.70. The van der Waals surface area contributed by atoms with Crippen LogP contribution in [0.2, 0.25) is 0 Å². The monoisotopic (exact) mass is 176 g/mol. The summed E-state index contributed by atoms with van der Waals surface area (Å²) in [6.07, 6.45) is 2.03. The highest BCUT2D eigenvalue weighted by atomic mass is 17.1. The van der Waals surface area contributed by atoms with Crippen molar-refractivity contribution in [3.05, 3.63) is 0 Å². The van der Waals surface area contributed by atoms with Crippen molar-refractivity contribution in [1.82, 2.24) is 0 Å². The number of rotatable bonds is 5. The van der Waals surface area contributed by atoms with Crippen LogP contribution in [0.5, 0.6) is 0 Å². The molecule has 4 nitrogen and oxygen atoms in total. The van der Waals surface area contributed by atoms with E-state index in [1.807, 2.05) is 0 Å². The van der Waals surface area contributed by atoms with Gasteiger partial charge in [0.2, 0.25) is 0 Å². The average molecular weight is 176 g/mol. The molecule has 0 spiro atoms. The molecular formula is C8H16O4. The zero-order valence-corrected chi connectivity index (χ0v) is 7.58. The molecule has 0 fully saturated rings. The van der Waals surface area contributed by atoms with E-state index in [9.17, 15) is 4.79 Å². The maximum absolute atomic E-state index is 10.3. The lowest BCUT2D eigenvalue weighted by Gasteiger charge is -2.08. The standard InChI is InChI=1S/C8H16O4/c1-3-4-7(2)5-6-11-8(9)12-10/h7,10H,3-6H2,1-2H3. The smallest absolute Gasteiger partial charge is 0.432 e. The molecule has 72 valence electrons. The zero-order valence-electron chi connectivity index (χ0n) is 7.58. The summed E-state index contributed by atoms with van der Waals surface area (Å²) in [5, 5.41) is 7.83. The highest BCUT2D eigenvalue weighted by molar-refractivity contribution is 5.58. The van der Waals surface area contributed by atoms with E-state index in [1.54, 1.807) is 0 Å². The Labute approximate surface area is 72.4 Å². The van der Waals surface area contributed by atoms with Gasteiger partial charge in [-0.2, -0.15) is 5.26 Å². The summed E-state index contributed by atoms with van der Waals surface area (Å²) in [5.74, 6) is 0.543. The summed E-state index contributed by atoms with van der Waals surface area (Å²) < 4.78 is 4.50. The van der Waals surface area contributed by atoms with E-state index in [1.165, 1.54) is 0 Å². The third-order valence-corrected chi connectivity index (χ3v) is 1.69. The fraction of sp³-hybridized carbons (Fsp3) is 0.875. The fourth-order valence-electron chi connectivity index (χ4n) is 1.01. The van der Waals surface area contributed by atoms with E-state index in [-0.39, 0.29) is 0 Å². The summed E-state index contributed by atoms with van der Waals surface area (Å²) >= 11 is 0. The third kappa shape index (κ3) is 5.97. The molecule has 0 aliphatic carbocycles. The highest BCUT2D eigenvalue weighted by Gasteiger charge is 2.04. The van der Waals surface area contributed by atoms with Gasteiger partial charge in [0, 0.05) is 0 Å². The molecule has 1 atom stereocenters. The second-order valence-corrected chi connectivity index (χ2v) is 2.87. The molecule has 0 rings (SSSR count). The summed E-state index contributed by atoms with van der Waals surface area (Å²) in [6.45, 7) is 4.51. The summed E-state index contributed by atoms with van der Waals surface area (Å²) in [7, 11) is 0. The molecule has 1 N–H and O–H groups in total. The Bertz CT molecular complexity index is 124. The van der Waals surface area contributed by atoms with Crippen LogP contribution in [-0.2, 0) is 9.62 Å². The number of hydrogen-bond acceptors (Lipinski definition) is 4. The van der Waals surface area contributed by atoms with Crippen molar-refractivity contribution in [2.45, 2.75) is 33.1 Å². The van der Waals surface area contributed by atoms with Gasteiger partial charge in [-0.15, -0.1) is 0 Å². The van der Waals surface area contributed by atoms with Gasteiger partial charge in [-0.1, -0.05) is 26.7 Å². The average Bonchev–Trinajstić information content (AvgIpc) is 2.04. The minimum absolute atomic E-state index is 0.306. The molecule has 0 aliphatic heterocycles. The predicted molar refractivity (Wildman–Crippen MR) is 43.8 cm³/mol. The molecule has 0 saturated carbocycles. The maximum atomic E-state index is 10.3. The molecule has 0 radical (unpaired) electrons. The number of ether oxygens (including phenoxy) is 1. The van der Waals surface area contributed by atoms with Crippen LogP contribution in [-0.4, -0.2) is 18.0 Å². The van der Waals surface area contributed by atoms with Gasteiger partial charge in [-0.3, -0.25) is 4.89 Å². The van der Waals surface area contributed by atoms with Crippen LogP contribution >= 0.6 is 0 Å². The van der Waals surface area contributed by atoms with Crippen LogP contribution in [0.1, 0.15) is 33.1 Å². The molecule has 0 aromatic rings. The van der Waals surface area contributed by atoms with E-state index in [0.29, 0.717) is 12.5 Å². The number of carbonyl (C=O) groups excluding carboxylic acids is 1. The van der Waals surface area contributed by atoms with Crippen molar-refractivity contribution < 1.29 is 19.7 Å². The van der Waals surface area contributed by atoms with E-state index in [4.69, 9.17) is 5.26 Å². The molecule has 4 heteroatoms. The van der Waals surface area contributed by atoms with Gasteiger partial charge in [0.25, 0.3) is 0 Å². The van der Waals surface area contributed by atoms with Gasteiger partial charge in [0.1, 0.15) is 0 Å². The minimum Gasteiger partial charge on any atom is -0.432 e. The van der Waals surface area contributed by atoms with Crippen molar-refractivity contribution >= 4 is 6.16 Å². The molecule has 0 heterocycles. The van der Waals surface area contributed by atoms with E-state index in [2.05, 4.69) is 23.5 Å². The Balaban J connectivity index is 3.24. The lowest BCUT2D eigenvalue weighted by Crippen LogP contribution is -2.08.